The van der Waals surface area contributed by atoms with Gasteiger partial charge in [-0.2, -0.15) is 0 Å². The number of ketones is 1. The van der Waals surface area contributed by atoms with E-state index in [4.69, 9.17) is 4.74 Å². The van der Waals surface area contributed by atoms with Crippen molar-refractivity contribution in [2.75, 3.05) is 6.61 Å². The number of benzene rings is 1. The van der Waals surface area contributed by atoms with Crippen LogP contribution in [0.5, 0.6) is 5.75 Å². The highest BCUT2D eigenvalue weighted by molar-refractivity contribution is 5.79. The summed E-state index contributed by atoms with van der Waals surface area (Å²) in [7, 11) is 0. The van der Waals surface area contributed by atoms with Gasteiger partial charge in [0.25, 0.3) is 0 Å². The van der Waals surface area contributed by atoms with Crippen LogP contribution in [0.1, 0.15) is 18.9 Å². The van der Waals surface area contributed by atoms with Gasteiger partial charge in [0.1, 0.15) is 12.4 Å². The van der Waals surface area contributed by atoms with Crippen LogP contribution in [0.2, 0.25) is 0 Å². The van der Waals surface area contributed by atoms with Crippen LogP contribution in [0, 0.1) is 6.92 Å². The third kappa shape index (κ3) is 3.28. The Morgan fingerprint density at radius 1 is 1.31 bits per heavy atom. The molecule has 0 heterocycles. The van der Waals surface area contributed by atoms with Gasteiger partial charge < -0.3 is 4.74 Å². The minimum atomic E-state index is 0.126. The molecule has 1 rings (SSSR count). The highest BCUT2D eigenvalue weighted by Gasteiger charge is 1.98. The van der Waals surface area contributed by atoms with Gasteiger partial charge in [-0.05, 0) is 19.1 Å². The number of hydrogen-bond acceptors (Lipinski definition) is 2. The monoisotopic (exact) mass is 178 g/mol. The molecule has 13 heavy (non-hydrogen) atoms. The van der Waals surface area contributed by atoms with Crippen LogP contribution in [-0.2, 0) is 4.79 Å². The van der Waals surface area contributed by atoms with E-state index in [1.54, 1.807) is 0 Å². The van der Waals surface area contributed by atoms with Gasteiger partial charge in [-0.25, -0.2) is 0 Å². The van der Waals surface area contributed by atoms with E-state index in [2.05, 4.69) is 0 Å². The Bertz CT molecular complexity index is 275. The molecular formula is C11H14O2. The van der Waals surface area contributed by atoms with Crippen molar-refractivity contribution in [1.29, 1.82) is 0 Å². The van der Waals surface area contributed by atoms with Crippen molar-refractivity contribution in [3.05, 3.63) is 29.8 Å². The lowest BCUT2D eigenvalue weighted by atomic mass is 10.2. The van der Waals surface area contributed by atoms with Gasteiger partial charge in [-0.15, -0.1) is 0 Å². The fourth-order valence-electron chi connectivity index (χ4n) is 0.900. The van der Waals surface area contributed by atoms with Crippen molar-refractivity contribution in [3.63, 3.8) is 0 Å². The predicted molar refractivity (Wildman–Crippen MR) is 52.0 cm³/mol. The molecule has 0 amide bonds. The summed E-state index contributed by atoms with van der Waals surface area (Å²) in [5.41, 5.74) is 1.19. The molecule has 0 saturated carbocycles. The number of hydrogen-bond donors (Lipinski definition) is 0. The molecule has 70 valence electrons. The maximum atomic E-state index is 10.9. The van der Waals surface area contributed by atoms with E-state index in [0.717, 1.165) is 5.75 Å². The van der Waals surface area contributed by atoms with E-state index in [9.17, 15) is 4.79 Å². The van der Waals surface area contributed by atoms with Crippen LogP contribution < -0.4 is 4.74 Å². The molecule has 0 bridgehead atoms. The molecular weight excluding hydrogens is 164 g/mol. The molecule has 0 atom stereocenters. The molecule has 0 aliphatic heterocycles. The lowest BCUT2D eigenvalue weighted by Gasteiger charge is -2.03. The number of rotatable bonds is 4. The van der Waals surface area contributed by atoms with Crippen molar-refractivity contribution in [3.8, 4) is 5.75 Å². The van der Waals surface area contributed by atoms with Crippen LogP contribution in [0.4, 0.5) is 0 Å². The Balaban J connectivity index is 2.46. The van der Waals surface area contributed by atoms with E-state index in [-0.39, 0.29) is 12.4 Å². The van der Waals surface area contributed by atoms with E-state index in [0.29, 0.717) is 6.42 Å². The average Bonchev–Trinajstić information content (AvgIpc) is 2.16. The standard InChI is InChI=1S/C11H14O2/c1-3-10(12)8-13-11-6-4-9(2)5-7-11/h4-7H,3,8H2,1-2H3. The van der Waals surface area contributed by atoms with Crippen molar-refractivity contribution >= 4 is 5.78 Å². The predicted octanol–water partition coefficient (Wildman–Crippen LogP) is 2.35. The van der Waals surface area contributed by atoms with Gasteiger partial charge in [-0.1, -0.05) is 24.6 Å². The first-order valence-electron chi connectivity index (χ1n) is 4.43. The van der Waals surface area contributed by atoms with E-state index in [1.807, 2.05) is 38.1 Å². The molecule has 0 unspecified atom stereocenters. The minimum Gasteiger partial charge on any atom is -0.486 e. The van der Waals surface area contributed by atoms with Gasteiger partial charge in [0.05, 0.1) is 0 Å². The molecule has 0 fully saturated rings. The molecule has 0 aliphatic rings. The first-order chi connectivity index (χ1) is 6.22. The SMILES string of the molecule is CCC(=O)COc1ccc(C)cc1. The second-order valence-corrected chi connectivity index (χ2v) is 2.99. The largest absolute Gasteiger partial charge is 0.486 e. The summed E-state index contributed by atoms with van der Waals surface area (Å²) in [6, 6.07) is 7.67. The van der Waals surface area contributed by atoms with Crippen molar-refractivity contribution in [2.45, 2.75) is 20.3 Å². The number of aryl methyl sites for hydroxylation is 1. The Morgan fingerprint density at radius 3 is 2.46 bits per heavy atom. The zero-order chi connectivity index (χ0) is 9.68. The van der Waals surface area contributed by atoms with Gasteiger partial charge in [0.15, 0.2) is 5.78 Å². The van der Waals surface area contributed by atoms with Crippen molar-refractivity contribution in [1.82, 2.24) is 0 Å². The fourth-order valence-corrected chi connectivity index (χ4v) is 0.900. The van der Waals surface area contributed by atoms with Crippen LogP contribution in [0.25, 0.3) is 0 Å². The Labute approximate surface area is 78.5 Å². The molecule has 2 heteroatoms. The number of Topliss-reactive ketones (excluding diaryl/α,β-unsaturated/α-hetero) is 1. The van der Waals surface area contributed by atoms with E-state index < -0.39 is 0 Å². The molecule has 0 aromatic heterocycles. The lowest BCUT2D eigenvalue weighted by Crippen LogP contribution is -2.09. The van der Waals surface area contributed by atoms with Crippen LogP contribution in [-0.4, -0.2) is 12.4 Å². The summed E-state index contributed by atoms with van der Waals surface area (Å²) in [6.07, 6.45) is 0.534. The molecule has 1 aromatic carbocycles. The normalized spacial score (nSPS) is 9.69. The molecule has 0 N–H and O–H groups in total. The minimum absolute atomic E-state index is 0.126. The number of ether oxygens (including phenoxy) is 1. The lowest BCUT2D eigenvalue weighted by molar-refractivity contribution is -0.120. The maximum absolute atomic E-state index is 10.9. The molecule has 1 aromatic rings. The van der Waals surface area contributed by atoms with Crippen LogP contribution in [0.15, 0.2) is 24.3 Å². The van der Waals surface area contributed by atoms with E-state index >= 15 is 0 Å². The third-order valence-corrected chi connectivity index (χ3v) is 1.82. The quantitative estimate of drug-likeness (QED) is 0.707. The Kier molecular flexibility index (Phi) is 3.50. The summed E-state index contributed by atoms with van der Waals surface area (Å²) in [6.45, 7) is 4.03. The van der Waals surface area contributed by atoms with Gasteiger partial charge >= 0.3 is 0 Å². The average molecular weight is 178 g/mol. The Morgan fingerprint density at radius 2 is 1.92 bits per heavy atom. The van der Waals surface area contributed by atoms with Crippen molar-refractivity contribution < 1.29 is 9.53 Å². The molecule has 0 saturated heterocycles. The van der Waals surface area contributed by atoms with Gasteiger partial charge in [0.2, 0.25) is 0 Å². The topological polar surface area (TPSA) is 26.3 Å². The molecule has 0 spiro atoms. The summed E-state index contributed by atoms with van der Waals surface area (Å²) < 4.78 is 5.26. The number of carbonyl (C=O) groups excluding carboxylic acids is 1. The smallest absolute Gasteiger partial charge is 0.169 e. The third-order valence-electron chi connectivity index (χ3n) is 1.82. The summed E-state index contributed by atoms with van der Waals surface area (Å²) >= 11 is 0. The second-order valence-electron chi connectivity index (χ2n) is 2.99. The van der Waals surface area contributed by atoms with Crippen LogP contribution in [0.3, 0.4) is 0 Å². The highest BCUT2D eigenvalue weighted by atomic mass is 16.5. The maximum Gasteiger partial charge on any atom is 0.169 e. The first-order valence-corrected chi connectivity index (χ1v) is 4.43. The zero-order valence-corrected chi connectivity index (χ0v) is 8.04. The molecule has 0 radical (unpaired) electrons. The molecule has 2 nitrogen and oxygen atoms in total. The zero-order valence-electron chi connectivity index (χ0n) is 8.04. The summed E-state index contributed by atoms with van der Waals surface area (Å²) in [5.74, 6) is 0.882. The summed E-state index contributed by atoms with van der Waals surface area (Å²) in [4.78, 5) is 10.9. The Hall–Kier alpha value is -1.31. The fraction of sp³-hybridized carbons (Fsp3) is 0.364. The van der Waals surface area contributed by atoms with E-state index in [1.165, 1.54) is 5.56 Å². The second kappa shape index (κ2) is 4.65. The number of carbonyl (C=O) groups is 1. The first kappa shape index (κ1) is 9.78. The molecule has 0 aliphatic carbocycles. The van der Waals surface area contributed by atoms with Gasteiger partial charge in [0, 0.05) is 6.42 Å². The highest BCUT2D eigenvalue weighted by Crippen LogP contribution is 2.11. The van der Waals surface area contributed by atoms with Crippen LogP contribution >= 0.6 is 0 Å². The van der Waals surface area contributed by atoms with Gasteiger partial charge in [-0.3, -0.25) is 4.79 Å². The van der Waals surface area contributed by atoms with Crippen molar-refractivity contribution in [2.24, 2.45) is 0 Å². The summed E-state index contributed by atoms with van der Waals surface area (Å²) in [5, 5.41) is 0.